The fraction of sp³-hybridized carbons (Fsp3) is 0.350. The monoisotopic (exact) mass is 390 g/mol. The summed E-state index contributed by atoms with van der Waals surface area (Å²) in [6.07, 6.45) is 0. The molecule has 0 aliphatic carbocycles. The van der Waals surface area contributed by atoms with Crippen molar-refractivity contribution in [2.45, 2.75) is 38.1 Å². The molecular weight excluding hydrogens is 364 g/mol. The van der Waals surface area contributed by atoms with Crippen molar-refractivity contribution in [1.29, 1.82) is 0 Å². The molecule has 27 heavy (non-hydrogen) atoms. The first-order chi connectivity index (χ1) is 12.5. The number of aryl methyl sites for hydroxylation is 1. The number of anilines is 1. The van der Waals surface area contributed by atoms with E-state index in [4.69, 9.17) is 4.74 Å². The van der Waals surface area contributed by atoms with E-state index < -0.39 is 15.6 Å². The molecular formula is C20H26N2O4S. The zero-order valence-electron chi connectivity index (χ0n) is 16.3. The average Bonchev–Trinajstić information content (AvgIpc) is 2.58. The third-order valence-corrected chi connectivity index (χ3v) is 5.53. The third kappa shape index (κ3) is 5.23. The Labute approximate surface area is 161 Å². The number of hydrogen-bond acceptors (Lipinski definition) is 4. The van der Waals surface area contributed by atoms with E-state index in [1.54, 1.807) is 55.5 Å². The quantitative estimate of drug-likeness (QED) is 0.822. The number of methoxy groups -OCH3 is 1. The molecule has 0 aliphatic rings. The summed E-state index contributed by atoms with van der Waals surface area (Å²) in [6.45, 7) is 7.00. The van der Waals surface area contributed by atoms with Gasteiger partial charge in [0.25, 0.3) is 10.0 Å². The molecule has 0 aliphatic heterocycles. The Balaban J connectivity index is 2.53. The molecule has 0 aromatic heterocycles. The van der Waals surface area contributed by atoms with Gasteiger partial charge in [0.15, 0.2) is 0 Å². The lowest BCUT2D eigenvalue weighted by molar-refractivity contribution is -0.121. The smallest absolute Gasteiger partial charge is 0.268 e. The van der Waals surface area contributed by atoms with Gasteiger partial charge in [0, 0.05) is 5.54 Å². The molecule has 0 bridgehead atoms. The molecule has 2 aromatic rings. The molecule has 2 aromatic carbocycles. The molecule has 0 heterocycles. The van der Waals surface area contributed by atoms with Gasteiger partial charge in [0.05, 0.1) is 12.8 Å². The van der Waals surface area contributed by atoms with E-state index in [-0.39, 0.29) is 23.1 Å². The summed E-state index contributed by atoms with van der Waals surface area (Å²) in [4.78, 5) is 12.5. The molecule has 0 unspecified atom stereocenters. The Bertz CT molecular complexity index is 903. The second kappa shape index (κ2) is 8.00. The van der Waals surface area contributed by atoms with Crippen LogP contribution in [0.15, 0.2) is 53.4 Å². The summed E-state index contributed by atoms with van der Waals surface area (Å²) in [5.41, 5.74) is 0.719. The summed E-state index contributed by atoms with van der Waals surface area (Å²) >= 11 is 0. The van der Waals surface area contributed by atoms with Gasteiger partial charge in [-0.3, -0.25) is 9.10 Å². The Morgan fingerprint density at radius 1 is 1.11 bits per heavy atom. The highest BCUT2D eigenvalue weighted by Gasteiger charge is 2.30. The lowest BCUT2D eigenvalue weighted by atomic mass is 10.1. The van der Waals surface area contributed by atoms with E-state index in [1.165, 1.54) is 7.11 Å². The number of carbonyl (C=O) groups excluding carboxylic acids is 1. The first kappa shape index (κ1) is 20.8. The number of amides is 1. The van der Waals surface area contributed by atoms with Gasteiger partial charge in [-0.25, -0.2) is 8.42 Å². The van der Waals surface area contributed by atoms with Crippen molar-refractivity contribution in [1.82, 2.24) is 5.32 Å². The van der Waals surface area contributed by atoms with Gasteiger partial charge in [-0.2, -0.15) is 0 Å². The highest BCUT2D eigenvalue weighted by molar-refractivity contribution is 7.93. The summed E-state index contributed by atoms with van der Waals surface area (Å²) in [6, 6.07) is 13.5. The Morgan fingerprint density at radius 3 is 2.30 bits per heavy atom. The van der Waals surface area contributed by atoms with Crippen molar-refractivity contribution in [3.8, 4) is 5.75 Å². The zero-order valence-corrected chi connectivity index (χ0v) is 17.1. The molecule has 146 valence electrons. The molecule has 2 rings (SSSR count). The van der Waals surface area contributed by atoms with Crippen LogP contribution in [0.4, 0.5) is 5.69 Å². The molecule has 7 heteroatoms. The van der Waals surface area contributed by atoms with Gasteiger partial charge in [0.2, 0.25) is 5.91 Å². The fourth-order valence-corrected chi connectivity index (χ4v) is 4.27. The average molecular weight is 391 g/mol. The van der Waals surface area contributed by atoms with Crippen LogP contribution >= 0.6 is 0 Å². The van der Waals surface area contributed by atoms with Crippen LogP contribution in [0.3, 0.4) is 0 Å². The molecule has 0 saturated carbocycles. The maximum Gasteiger partial charge on any atom is 0.268 e. The molecule has 0 saturated heterocycles. The third-order valence-electron chi connectivity index (χ3n) is 3.73. The minimum atomic E-state index is -4.02. The zero-order chi connectivity index (χ0) is 20.2. The van der Waals surface area contributed by atoms with Crippen LogP contribution in [0.5, 0.6) is 5.75 Å². The van der Waals surface area contributed by atoms with E-state index in [0.29, 0.717) is 5.69 Å². The Kier molecular flexibility index (Phi) is 6.15. The van der Waals surface area contributed by atoms with Gasteiger partial charge in [0.1, 0.15) is 17.2 Å². The Hall–Kier alpha value is -2.54. The largest absolute Gasteiger partial charge is 0.495 e. The van der Waals surface area contributed by atoms with E-state index in [1.807, 2.05) is 20.8 Å². The Morgan fingerprint density at radius 2 is 1.74 bits per heavy atom. The number of hydrogen-bond donors (Lipinski definition) is 1. The van der Waals surface area contributed by atoms with Crippen molar-refractivity contribution in [3.05, 3.63) is 54.1 Å². The van der Waals surface area contributed by atoms with Crippen LogP contribution in [-0.4, -0.2) is 33.5 Å². The van der Waals surface area contributed by atoms with Crippen LogP contribution < -0.4 is 14.4 Å². The van der Waals surface area contributed by atoms with Crippen LogP contribution in [0.25, 0.3) is 0 Å². The second-order valence-corrected chi connectivity index (χ2v) is 9.13. The first-order valence-corrected chi connectivity index (χ1v) is 10.0. The van der Waals surface area contributed by atoms with Crippen LogP contribution in [0, 0.1) is 6.92 Å². The summed E-state index contributed by atoms with van der Waals surface area (Å²) in [7, 11) is -2.60. The molecule has 1 N–H and O–H groups in total. The number of ether oxygens (including phenoxy) is 1. The van der Waals surface area contributed by atoms with E-state index in [0.717, 1.165) is 9.87 Å². The van der Waals surface area contributed by atoms with Gasteiger partial charge < -0.3 is 10.1 Å². The van der Waals surface area contributed by atoms with Crippen molar-refractivity contribution >= 4 is 21.6 Å². The maximum atomic E-state index is 13.4. The van der Waals surface area contributed by atoms with Gasteiger partial charge in [-0.05, 0) is 57.5 Å². The predicted octanol–water partition coefficient (Wildman–Crippen LogP) is 3.11. The molecule has 1 amide bonds. The highest BCUT2D eigenvalue weighted by atomic mass is 32.2. The van der Waals surface area contributed by atoms with Crippen molar-refractivity contribution < 1.29 is 17.9 Å². The number of benzene rings is 2. The van der Waals surface area contributed by atoms with Crippen LogP contribution in [0.1, 0.15) is 26.3 Å². The molecule has 0 spiro atoms. The molecule has 6 nitrogen and oxygen atoms in total. The highest BCUT2D eigenvalue weighted by Crippen LogP contribution is 2.30. The van der Waals surface area contributed by atoms with Crippen molar-refractivity contribution in [3.63, 3.8) is 0 Å². The maximum absolute atomic E-state index is 13.4. The van der Waals surface area contributed by atoms with Crippen LogP contribution in [0.2, 0.25) is 0 Å². The number of carbonyl (C=O) groups is 1. The van der Waals surface area contributed by atoms with E-state index in [2.05, 4.69) is 5.32 Å². The lowest BCUT2D eigenvalue weighted by Crippen LogP contribution is -2.47. The fourth-order valence-electron chi connectivity index (χ4n) is 2.60. The number of rotatable bonds is 6. The van der Waals surface area contributed by atoms with E-state index in [9.17, 15) is 13.2 Å². The standard InChI is InChI=1S/C20H26N2O4S/c1-15-11-12-17(26-5)18(13-15)27(24,25)22(16-9-7-6-8-10-16)14-19(23)21-20(2,3)4/h6-13H,14H2,1-5H3,(H,21,23). The molecule has 0 fully saturated rings. The van der Waals surface area contributed by atoms with Gasteiger partial charge >= 0.3 is 0 Å². The lowest BCUT2D eigenvalue weighted by Gasteiger charge is -2.27. The van der Waals surface area contributed by atoms with Crippen molar-refractivity contribution in [2.75, 3.05) is 18.0 Å². The predicted molar refractivity (Wildman–Crippen MR) is 107 cm³/mol. The van der Waals surface area contributed by atoms with Gasteiger partial charge in [-0.1, -0.05) is 24.3 Å². The minimum Gasteiger partial charge on any atom is -0.495 e. The molecule has 0 radical (unpaired) electrons. The summed E-state index contributed by atoms with van der Waals surface area (Å²) < 4.78 is 33.2. The first-order valence-electron chi connectivity index (χ1n) is 8.58. The number of nitrogens with one attached hydrogen (secondary N) is 1. The topological polar surface area (TPSA) is 75.7 Å². The number of nitrogens with zero attached hydrogens (tertiary/aromatic N) is 1. The van der Waals surface area contributed by atoms with Crippen LogP contribution in [-0.2, 0) is 14.8 Å². The normalized spacial score (nSPS) is 11.7. The number of para-hydroxylation sites is 1. The number of sulfonamides is 1. The molecule has 0 atom stereocenters. The summed E-state index contributed by atoms with van der Waals surface area (Å²) in [5.74, 6) is -0.153. The van der Waals surface area contributed by atoms with Crippen molar-refractivity contribution in [2.24, 2.45) is 0 Å². The minimum absolute atomic E-state index is 0.0254. The summed E-state index contributed by atoms with van der Waals surface area (Å²) in [5, 5.41) is 2.81. The van der Waals surface area contributed by atoms with E-state index >= 15 is 0 Å². The SMILES string of the molecule is COc1ccc(C)cc1S(=O)(=O)N(CC(=O)NC(C)(C)C)c1ccccc1. The van der Waals surface area contributed by atoms with Gasteiger partial charge in [-0.15, -0.1) is 0 Å². The second-order valence-electron chi connectivity index (χ2n) is 7.30.